The average molecular weight is 304 g/mol. The second kappa shape index (κ2) is 6.21. The molecule has 114 valence electrons. The van der Waals surface area contributed by atoms with Crippen molar-refractivity contribution in [1.82, 2.24) is 9.78 Å². The van der Waals surface area contributed by atoms with Crippen molar-refractivity contribution in [3.8, 4) is 0 Å². The fraction of sp³-hybridized carbons (Fsp3) is 0.727. The number of hydrogen-bond acceptors (Lipinski definition) is 6. The molecule has 1 aromatic rings. The lowest BCUT2D eigenvalue weighted by atomic mass is 10.3. The van der Waals surface area contributed by atoms with E-state index in [2.05, 4.69) is 10.4 Å². The highest BCUT2D eigenvalue weighted by atomic mass is 32.2. The predicted octanol–water partition coefficient (Wildman–Crippen LogP) is 1.53. The van der Waals surface area contributed by atoms with Crippen LogP contribution in [0, 0.1) is 17.0 Å². The molecule has 20 heavy (non-hydrogen) atoms. The van der Waals surface area contributed by atoms with Crippen LogP contribution < -0.4 is 5.32 Å². The van der Waals surface area contributed by atoms with Crippen molar-refractivity contribution >= 4 is 21.3 Å². The molecule has 0 aliphatic rings. The molecule has 1 N–H and O–H groups in total. The lowest BCUT2D eigenvalue weighted by Gasteiger charge is -2.11. The fourth-order valence-corrected chi connectivity index (χ4v) is 2.51. The Kier molecular flexibility index (Phi) is 5.09. The van der Waals surface area contributed by atoms with Crippen molar-refractivity contribution in [2.45, 2.75) is 33.2 Å². The van der Waals surface area contributed by atoms with E-state index in [-0.39, 0.29) is 17.5 Å². The van der Waals surface area contributed by atoms with E-state index in [1.165, 1.54) is 0 Å². The minimum absolute atomic E-state index is 0.0280. The summed E-state index contributed by atoms with van der Waals surface area (Å²) in [5, 5.41) is 18.2. The molecule has 0 amide bonds. The van der Waals surface area contributed by atoms with Gasteiger partial charge in [0.15, 0.2) is 0 Å². The first-order chi connectivity index (χ1) is 9.13. The molecule has 0 atom stereocenters. The van der Waals surface area contributed by atoms with Crippen LogP contribution in [0.3, 0.4) is 0 Å². The zero-order valence-electron chi connectivity index (χ0n) is 12.1. The standard InChI is InChI=1S/C11H20N4O4S/c1-8(2)14-11(10(15(16)17)9(3)13-14)12-6-5-7-20(4,18)19/h8,12H,5-7H2,1-4H3. The minimum atomic E-state index is -3.02. The third-order valence-electron chi connectivity index (χ3n) is 2.71. The molecule has 0 radical (unpaired) electrons. The second-order valence-electron chi connectivity index (χ2n) is 4.99. The maximum absolute atomic E-state index is 11.1. The number of nitrogens with zero attached hydrogens (tertiary/aromatic N) is 3. The average Bonchev–Trinajstić information content (AvgIpc) is 2.60. The molecule has 0 saturated carbocycles. The molecule has 1 aromatic heterocycles. The van der Waals surface area contributed by atoms with Gasteiger partial charge >= 0.3 is 5.69 Å². The Hall–Kier alpha value is -1.64. The van der Waals surface area contributed by atoms with Gasteiger partial charge in [-0.2, -0.15) is 5.10 Å². The van der Waals surface area contributed by atoms with Crippen LogP contribution in [-0.4, -0.2) is 41.7 Å². The Morgan fingerprint density at radius 1 is 1.45 bits per heavy atom. The van der Waals surface area contributed by atoms with Crippen LogP contribution in [-0.2, 0) is 9.84 Å². The number of aryl methyl sites for hydroxylation is 1. The van der Waals surface area contributed by atoms with Gasteiger partial charge in [0.25, 0.3) is 0 Å². The number of anilines is 1. The predicted molar refractivity (Wildman–Crippen MR) is 76.8 cm³/mol. The molecule has 0 aliphatic carbocycles. The van der Waals surface area contributed by atoms with Crippen LogP contribution in [0.5, 0.6) is 0 Å². The Morgan fingerprint density at radius 2 is 2.05 bits per heavy atom. The molecule has 0 unspecified atom stereocenters. The number of rotatable bonds is 7. The summed E-state index contributed by atoms with van der Waals surface area (Å²) in [6.45, 7) is 5.67. The van der Waals surface area contributed by atoms with E-state index in [1.807, 2.05) is 13.8 Å². The van der Waals surface area contributed by atoms with Gasteiger partial charge in [0.2, 0.25) is 5.82 Å². The van der Waals surface area contributed by atoms with Crippen LogP contribution in [0.25, 0.3) is 0 Å². The molecule has 8 nitrogen and oxygen atoms in total. The Morgan fingerprint density at radius 3 is 2.50 bits per heavy atom. The topological polar surface area (TPSA) is 107 Å². The van der Waals surface area contributed by atoms with E-state index in [1.54, 1.807) is 11.6 Å². The van der Waals surface area contributed by atoms with Crippen molar-refractivity contribution in [3.05, 3.63) is 15.8 Å². The van der Waals surface area contributed by atoms with E-state index in [4.69, 9.17) is 0 Å². The van der Waals surface area contributed by atoms with Crippen LogP contribution in [0.4, 0.5) is 11.5 Å². The second-order valence-corrected chi connectivity index (χ2v) is 7.25. The molecule has 0 spiro atoms. The van der Waals surface area contributed by atoms with E-state index in [9.17, 15) is 18.5 Å². The highest BCUT2D eigenvalue weighted by Crippen LogP contribution is 2.30. The molecular formula is C11H20N4O4S. The highest BCUT2D eigenvalue weighted by molar-refractivity contribution is 7.90. The SMILES string of the molecule is Cc1nn(C(C)C)c(NCCCS(C)(=O)=O)c1[N+](=O)[O-]. The molecule has 0 saturated heterocycles. The van der Waals surface area contributed by atoms with Crippen LogP contribution in [0.1, 0.15) is 32.0 Å². The van der Waals surface area contributed by atoms with Crippen molar-refractivity contribution in [1.29, 1.82) is 0 Å². The third-order valence-corrected chi connectivity index (χ3v) is 3.74. The van der Waals surface area contributed by atoms with Gasteiger partial charge in [0.05, 0.1) is 10.7 Å². The summed E-state index contributed by atoms with van der Waals surface area (Å²) in [5.41, 5.74) is 0.285. The summed E-state index contributed by atoms with van der Waals surface area (Å²) in [4.78, 5) is 10.6. The van der Waals surface area contributed by atoms with E-state index >= 15 is 0 Å². The Bertz CT molecular complexity index is 592. The van der Waals surface area contributed by atoms with Crippen molar-refractivity contribution in [3.63, 3.8) is 0 Å². The van der Waals surface area contributed by atoms with Gasteiger partial charge in [0.1, 0.15) is 15.5 Å². The molecule has 9 heteroatoms. The van der Waals surface area contributed by atoms with Gasteiger partial charge in [0, 0.05) is 18.8 Å². The van der Waals surface area contributed by atoms with E-state index in [0.29, 0.717) is 24.5 Å². The summed E-state index contributed by atoms with van der Waals surface area (Å²) < 4.78 is 23.6. The number of nitro groups is 1. The molecule has 0 aromatic carbocycles. The van der Waals surface area contributed by atoms with E-state index in [0.717, 1.165) is 6.26 Å². The van der Waals surface area contributed by atoms with Gasteiger partial charge in [-0.3, -0.25) is 10.1 Å². The largest absolute Gasteiger partial charge is 0.364 e. The first-order valence-electron chi connectivity index (χ1n) is 6.28. The smallest absolute Gasteiger partial charge is 0.333 e. The number of aromatic nitrogens is 2. The first-order valence-corrected chi connectivity index (χ1v) is 8.34. The van der Waals surface area contributed by atoms with Gasteiger partial charge in [-0.05, 0) is 27.2 Å². The van der Waals surface area contributed by atoms with Crippen molar-refractivity contribution in [2.75, 3.05) is 23.9 Å². The Labute approximate surface area is 118 Å². The maximum atomic E-state index is 11.1. The normalized spacial score (nSPS) is 11.8. The maximum Gasteiger partial charge on any atom is 0.333 e. The number of sulfone groups is 1. The molecule has 1 heterocycles. The molecule has 0 fully saturated rings. The van der Waals surface area contributed by atoms with Gasteiger partial charge in [-0.15, -0.1) is 0 Å². The minimum Gasteiger partial charge on any atom is -0.364 e. The van der Waals surface area contributed by atoms with Crippen LogP contribution >= 0.6 is 0 Å². The summed E-state index contributed by atoms with van der Waals surface area (Å²) in [6, 6.07) is -0.0280. The monoisotopic (exact) mass is 304 g/mol. The van der Waals surface area contributed by atoms with Crippen molar-refractivity contribution in [2.24, 2.45) is 0 Å². The molecule has 1 rings (SSSR count). The quantitative estimate of drug-likeness (QED) is 0.465. The Balaban J connectivity index is 2.89. The van der Waals surface area contributed by atoms with Gasteiger partial charge in [-0.25, -0.2) is 13.1 Å². The van der Waals surface area contributed by atoms with Gasteiger partial charge in [-0.1, -0.05) is 0 Å². The molecular weight excluding hydrogens is 284 g/mol. The zero-order valence-corrected chi connectivity index (χ0v) is 12.9. The van der Waals surface area contributed by atoms with Gasteiger partial charge < -0.3 is 5.32 Å². The number of hydrogen-bond donors (Lipinski definition) is 1. The van der Waals surface area contributed by atoms with Crippen LogP contribution in [0.2, 0.25) is 0 Å². The molecule has 0 bridgehead atoms. The lowest BCUT2D eigenvalue weighted by Crippen LogP contribution is -2.14. The van der Waals surface area contributed by atoms with Crippen LogP contribution in [0.15, 0.2) is 0 Å². The third kappa shape index (κ3) is 4.19. The summed E-state index contributed by atoms with van der Waals surface area (Å²) in [7, 11) is -3.02. The molecule has 0 aliphatic heterocycles. The highest BCUT2D eigenvalue weighted by Gasteiger charge is 2.26. The fourth-order valence-electron chi connectivity index (χ4n) is 1.84. The summed E-state index contributed by atoms with van der Waals surface area (Å²) in [6.07, 6.45) is 1.55. The zero-order chi connectivity index (χ0) is 15.5. The van der Waals surface area contributed by atoms with E-state index < -0.39 is 14.8 Å². The first kappa shape index (κ1) is 16.4. The summed E-state index contributed by atoms with van der Waals surface area (Å²) in [5.74, 6) is 0.374. The number of nitrogens with one attached hydrogen (secondary N) is 1. The van der Waals surface area contributed by atoms with Crippen molar-refractivity contribution < 1.29 is 13.3 Å². The summed E-state index contributed by atoms with van der Waals surface area (Å²) >= 11 is 0. The lowest BCUT2D eigenvalue weighted by molar-refractivity contribution is -0.384.